The maximum Gasteiger partial charge on any atom is 0.293 e. The van der Waals surface area contributed by atoms with Gasteiger partial charge >= 0.3 is 0 Å². The highest BCUT2D eigenvalue weighted by Crippen LogP contribution is 2.31. The number of carbonyl (C=O) groups is 1. The zero-order valence-electron chi connectivity index (χ0n) is 12.5. The summed E-state index contributed by atoms with van der Waals surface area (Å²) in [6.07, 6.45) is 0. The van der Waals surface area contributed by atoms with Gasteiger partial charge in [-0.2, -0.15) is 0 Å². The Morgan fingerprint density at radius 2 is 1.80 bits per heavy atom. The van der Waals surface area contributed by atoms with Crippen molar-refractivity contribution >= 4 is 40.5 Å². The summed E-state index contributed by atoms with van der Waals surface area (Å²) in [5.74, 6) is -3.06. The molecule has 2 aromatic rings. The standard InChI is InChI=1S/C15H11Cl2F2N3O3/c16-9-2-1-3-13(22(24)25)14(9)20-4-5-21-15(23)8-6-11(18)12(19)7-10(8)17/h1-3,6-7,20H,4-5H2,(H,21,23). The van der Waals surface area contributed by atoms with Gasteiger partial charge in [-0.05, 0) is 18.2 Å². The van der Waals surface area contributed by atoms with Crippen LogP contribution in [-0.4, -0.2) is 23.9 Å². The molecule has 0 aliphatic carbocycles. The fourth-order valence-corrected chi connectivity index (χ4v) is 2.47. The van der Waals surface area contributed by atoms with Crippen LogP contribution in [0.15, 0.2) is 30.3 Å². The van der Waals surface area contributed by atoms with Crippen LogP contribution in [0.5, 0.6) is 0 Å². The number of nitro groups is 1. The second kappa shape index (κ2) is 8.09. The lowest BCUT2D eigenvalue weighted by Crippen LogP contribution is -2.29. The van der Waals surface area contributed by atoms with Gasteiger partial charge < -0.3 is 10.6 Å². The number of amides is 1. The SMILES string of the molecule is O=C(NCCNc1c(Cl)cccc1[N+](=O)[O-])c1cc(F)c(F)cc1Cl. The predicted molar refractivity (Wildman–Crippen MR) is 90.3 cm³/mol. The smallest absolute Gasteiger partial charge is 0.293 e. The van der Waals surface area contributed by atoms with E-state index in [-0.39, 0.29) is 40.1 Å². The summed E-state index contributed by atoms with van der Waals surface area (Å²) in [5, 5.41) is 16.1. The van der Waals surface area contributed by atoms with Gasteiger partial charge in [0.05, 0.1) is 20.5 Å². The molecule has 132 valence electrons. The summed E-state index contributed by atoms with van der Waals surface area (Å²) >= 11 is 11.6. The molecule has 2 N–H and O–H groups in total. The van der Waals surface area contributed by atoms with Gasteiger partial charge in [-0.25, -0.2) is 8.78 Å². The quantitative estimate of drug-likeness (QED) is 0.338. The van der Waals surface area contributed by atoms with E-state index >= 15 is 0 Å². The largest absolute Gasteiger partial charge is 0.376 e. The molecule has 0 aliphatic heterocycles. The molecule has 0 atom stereocenters. The first-order chi connectivity index (χ1) is 11.8. The Hall–Kier alpha value is -2.45. The molecule has 0 bridgehead atoms. The van der Waals surface area contributed by atoms with E-state index in [2.05, 4.69) is 10.6 Å². The Kier molecular flexibility index (Phi) is 6.11. The first kappa shape index (κ1) is 18.9. The molecule has 0 spiro atoms. The maximum absolute atomic E-state index is 13.2. The molecule has 0 radical (unpaired) electrons. The third-order valence-electron chi connectivity index (χ3n) is 3.16. The molecule has 0 fully saturated rings. The van der Waals surface area contributed by atoms with Crippen molar-refractivity contribution in [1.29, 1.82) is 0 Å². The third kappa shape index (κ3) is 4.55. The Morgan fingerprint density at radius 3 is 2.48 bits per heavy atom. The van der Waals surface area contributed by atoms with Gasteiger partial charge in [-0.3, -0.25) is 14.9 Å². The lowest BCUT2D eigenvalue weighted by Gasteiger charge is -2.10. The second-order valence-corrected chi connectivity index (χ2v) is 5.63. The van der Waals surface area contributed by atoms with Crippen LogP contribution in [0.1, 0.15) is 10.4 Å². The zero-order chi connectivity index (χ0) is 18.6. The van der Waals surface area contributed by atoms with E-state index in [4.69, 9.17) is 23.2 Å². The van der Waals surface area contributed by atoms with Crippen LogP contribution in [0.3, 0.4) is 0 Å². The summed E-state index contributed by atoms with van der Waals surface area (Å²) in [5.41, 5.74) is -0.305. The molecule has 2 rings (SSSR count). The number of para-hydroxylation sites is 1. The number of hydrogen-bond donors (Lipinski definition) is 2. The molecule has 0 unspecified atom stereocenters. The maximum atomic E-state index is 13.2. The molecule has 0 aromatic heterocycles. The molecule has 6 nitrogen and oxygen atoms in total. The van der Waals surface area contributed by atoms with Crippen LogP contribution in [-0.2, 0) is 0 Å². The number of anilines is 1. The Bertz CT molecular complexity index is 834. The number of nitrogens with zero attached hydrogens (tertiary/aromatic N) is 1. The van der Waals surface area contributed by atoms with Crippen molar-refractivity contribution in [2.24, 2.45) is 0 Å². The highest BCUT2D eigenvalue weighted by atomic mass is 35.5. The van der Waals surface area contributed by atoms with E-state index in [0.29, 0.717) is 12.1 Å². The number of benzene rings is 2. The third-order valence-corrected chi connectivity index (χ3v) is 3.78. The summed E-state index contributed by atoms with van der Waals surface area (Å²) in [7, 11) is 0. The summed E-state index contributed by atoms with van der Waals surface area (Å²) in [6.45, 7) is 0.147. The van der Waals surface area contributed by atoms with E-state index in [1.54, 1.807) is 0 Å². The van der Waals surface area contributed by atoms with Crippen molar-refractivity contribution in [3.63, 3.8) is 0 Å². The first-order valence-corrected chi connectivity index (χ1v) is 7.66. The van der Waals surface area contributed by atoms with Crippen molar-refractivity contribution in [1.82, 2.24) is 5.32 Å². The second-order valence-electron chi connectivity index (χ2n) is 4.82. The number of halogens is 4. The fraction of sp³-hybridized carbons (Fsp3) is 0.133. The van der Waals surface area contributed by atoms with Gasteiger partial charge in [-0.15, -0.1) is 0 Å². The van der Waals surface area contributed by atoms with Crippen LogP contribution < -0.4 is 10.6 Å². The van der Waals surface area contributed by atoms with Gasteiger partial charge in [0.1, 0.15) is 5.69 Å². The average molecular weight is 390 g/mol. The predicted octanol–water partition coefficient (Wildman–Crippen LogP) is 4.02. The Morgan fingerprint density at radius 1 is 1.12 bits per heavy atom. The average Bonchev–Trinajstić information content (AvgIpc) is 2.55. The van der Waals surface area contributed by atoms with E-state index < -0.39 is 22.5 Å². The van der Waals surface area contributed by atoms with Gasteiger partial charge in [0.15, 0.2) is 11.6 Å². The molecule has 0 saturated heterocycles. The minimum absolute atomic E-state index is 0.0382. The topological polar surface area (TPSA) is 84.3 Å². The highest BCUT2D eigenvalue weighted by molar-refractivity contribution is 6.34. The first-order valence-electron chi connectivity index (χ1n) is 6.90. The minimum Gasteiger partial charge on any atom is -0.376 e. The molecule has 25 heavy (non-hydrogen) atoms. The van der Waals surface area contributed by atoms with Crippen molar-refractivity contribution in [2.45, 2.75) is 0 Å². The monoisotopic (exact) mass is 389 g/mol. The molecular weight excluding hydrogens is 379 g/mol. The van der Waals surface area contributed by atoms with Gasteiger partial charge in [0.25, 0.3) is 11.6 Å². The van der Waals surface area contributed by atoms with Crippen molar-refractivity contribution in [3.8, 4) is 0 Å². The van der Waals surface area contributed by atoms with Crippen molar-refractivity contribution in [3.05, 3.63) is 67.7 Å². The fourth-order valence-electron chi connectivity index (χ4n) is 2.00. The molecule has 10 heteroatoms. The highest BCUT2D eigenvalue weighted by Gasteiger charge is 2.17. The molecule has 0 aliphatic rings. The van der Waals surface area contributed by atoms with Crippen LogP contribution in [0, 0.1) is 21.7 Å². The molecule has 0 heterocycles. The molecule has 1 amide bonds. The lowest BCUT2D eigenvalue weighted by atomic mass is 10.2. The normalized spacial score (nSPS) is 10.4. The summed E-state index contributed by atoms with van der Waals surface area (Å²) < 4.78 is 26.2. The van der Waals surface area contributed by atoms with E-state index in [0.717, 1.165) is 0 Å². The Labute approximate surface area is 150 Å². The minimum atomic E-state index is -1.20. The van der Waals surface area contributed by atoms with Crippen LogP contribution in [0.4, 0.5) is 20.2 Å². The summed E-state index contributed by atoms with van der Waals surface area (Å²) in [4.78, 5) is 22.3. The van der Waals surface area contributed by atoms with Gasteiger partial charge in [-0.1, -0.05) is 29.3 Å². The molecule has 2 aromatic carbocycles. The van der Waals surface area contributed by atoms with Gasteiger partial charge in [0, 0.05) is 19.2 Å². The number of carbonyl (C=O) groups excluding carboxylic acids is 1. The number of nitro benzene ring substituents is 1. The van der Waals surface area contributed by atoms with Crippen LogP contribution in [0.25, 0.3) is 0 Å². The van der Waals surface area contributed by atoms with Gasteiger partial charge in [0.2, 0.25) is 0 Å². The molecular formula is C15H11Cl2F2N3O3. The van der Waals surface area contributed by atoms with E-state index in [1.807, 2.05) is 0 Å². The van der Waals surface area contributed by atoms with Crippen molar-refractivity contribution in [2.75, 3.05) is 18.4 Å². The van der Waals surface area contributed by atoms with E-state index in [1.165, 1.54) is 18.2 Å². The van der Waals surface area contributed by atoms with Crippen molar-refractivity contribution < 1.29 is 18.5 Å². The zero-order valence-corrected chi connectivity index (χ0v) is 14.0. The number of nitrogens with one attached hydrogen (secondary N) is 2. The number of hydrogen-bond acceptors (Lipinski definition) is 4. The Balaban J connectivity index is 1.97. The van der Waals surface area contributed by atoms with Crippen LogP contribution >= 0.6 is 23.2 Å². The summed E-state index contributed by atoms with van der Waals surface area (Å²) in [6, 6.07) is 5.61. The van der Waals surface area contributed by atoms with Crippen LogP contribution in [0.2, 0.25) is 10.0 Å². The molecule has 0 saturated carbocycles. The van der Waals surface area contributed by atoms with E-state index in [9.17, 15) is 23.7 Å². The lowest BCUT2D eigenvalue weighted by molar-refractivity contribution is -0.383. The number of rotatable bonds is 6.